The van der Waals surface area contributed by atoms with E-state index in [1.54, 1.807) is 13.1 Å². The molecular weight excluding hydrogens is 332 g/mol. The fourth-order valence-corrected chi connectivity index (χ4v) is 2.68. The third kappa shape index (κ3) is 4.03. The van der Waals surface area contributed by atoms with E-state index in [1.165, 1.54) is 0 Å². The Kier molecular flexibility index (Phi) is 5.53. The van der Waals surface area contributed by atoms with E-state index in [4.69, 9.17) is 14.7 Å². The number of nitrogens with one attached hydrogen (secondary N) is 1. The zero-order valence-corrected chi connectivity index (χ0v) is 14.4. The monoisotopic (exact) mass is 352 g/mol. The average molecular weight is 352 g/mol. The Morgan fingerprint density at radius 3 is 2.73 bits per heavy atom. The van der Waals surface area contributed by atoms with Crippen molar-refractivity contribution in [2.75, 3.05) is 6.61 Å². The topological polar surface area (TPSA) is 83.9 Å². The first-order valence-corrected chi connectivity index (χ1v) is 8.36. The van der Waals surface area contributed by atoms with Gasteiger partial charge in [-0.05, 0) is 36.2 Å². The minimum Gasteiger partial charge on any atom is -0.489 e. The fraction of sp³-hybridized carbons (Fsp3) is 0.200. The van der Waals surface area contributed by atoms with Gasteiger partial charge in [-0.15, -0.1) is 0 Å². The summed E-state index contributed by atoms with van der Waals surface area (Å²) in [6, 6.07) is 15.6. The third-order valence-electron chi connectivity index (χ3n) is 3.98. The smallest absolute Gasteiger partial charge is 0.356 e. The Morgan fingerprint density at radius 1 is 1.19 bits per heavy atom. The first-order chi connectivity index (χ1) is 12.7. The SMILES string of the molecule is CCOC(=O)C(Cc1c[nH]c2ccc(OCc3ccccc3)cc12)=NO. The number of ether oxygens (including phenoxy) is 2. The number of oxime groups is 1. The Hall–Kier alpha value is -3.28. The minimum atomic E-state index is -0.624. The standard InChI is InChI=1S/C20H20N2O4/c1-2-25-20(23)19(22-24)10-15-12-21-18-9-8-16(11-17(15)18)26-13-14-6-4-3-5-7-14/h3-9,11-12,21,24H,2,10,13H2,1H3. The quantitative estimate of drug-likeness (QED) is 0.294. The second-order valence-electron chi connectivity index (χ2n) is 5.74. The van der Waals surface area contributed by atoms with Crippen LogP contribution in [0.2, 0.25) is 0 Å². The van der Waals surface area contributed by atoms with Crippen LogP contribution >= 0.6 is 0 Å². The van der Waals surface area contributed by atoms with Gasteiger partial charge in [-0.3, -0.25) is 0 Å². The fourth-order valence-electron chi connectivity index (χ4n) is 2.68. The Balaban J connectivity index is 1.78. The number of aromatic nitrogens is 1. The highest BCUT2D eigenvalue weighted by atomic mass is 16.5. The summed E-state index contributed by atoms with van der Waals surface area (Å²) in [5.41, 5.74) is 2.78. The van der Waals surface area contributed by atoms with Crippen LogP contribution in [0, 0.1) is 0 Å². The molecule has 0 fully saturated rings. The average Bonchev–Trinajstić information content (AvgIpc) is 3.07. The molecule has 0 saturated heterocycles. The molecule has 2 aromatic carbocycles. The molecule has 6 nitrogen and oxygen atoms in total. The van der Waals surface area contributed by atoms with Gasteiger partial charge >= 0.3 is 5.97 Å². The van der Waals surface area contributed by atoms with Crippen molar-refractivity contribution in [3.8, 4) is 5.75 Å². The number of rotatable bonds is 7. The van der Waals surface area contributed by atoms with Crippen molar-refractivity contribution in [1.82, 2.24) is 4.98 Å². The van der Waals surface area contributed by atoms with E-state index in [1.807, 2.05) is 48.5 Å². The van der Waals surface area contributed by atoms with E-state index in [-0.39, 0.29) is 18.7 Å². The van der Waals surface area contributed by atoms with Crippen molar-refractivity contribution in [2.24, 2.45) is 5.16 Å². The summed E-state index contributed by atoms with van der Waals surface area (Å²) in [7, 11) is 0. The number of fused-ring (bicyclic) bond motifs is 1. The number of esters is 1. The van der Waals surface area contributed by atoms with Crippen molar-refractivity contribution in [1.29, 1.82) is 0 Å². The van der Waals surface area contributed by atoms with Gasteiger partial charge in [-0.25, -0.2) is 4.79 Å². The first-order valence-electron chi connectivity index (χ1n) is 8.36. The van der Waals surface area contributed by atoms with Crippen molar-refractivity contribution >= 4 is 22.6 Å². The molecule has 26 heavy (non-hydrogen) atoms. The van der Waals surface area contributed by atoms with E-state index < -0.39 is 5.97 Å². The summed E-state index contributed by atoms with van der Waals surface area (Å²) in [5, 5.41) is 13.1. The molecule has 0 spiro atoms. The second-order valence-corrected chi connectivity index (χ2v) is 5.74. The number of nitrogens with zero attached hydrogens (tertiary/aromatic N) is 1. The Morgan fingerprint density at radius 2 is 2.00 bits per heavy atom. The highest BCUT2D eigenvalue weighted by Crippen LogP contribution is 2.25. The first kappa shape index (κ1) is 17.5. The Bertz CT molecular complexity index is 916. The predicted molar refractivity (Wildman–Crippen MR) is 98.6 cm³/mol. The van der Waals surface area contributed by atoms with E-state index in [2.05, 4.69) is 10.1 Å². The number of H-pyrrole nitrogens is 1. The van der Waals surface area contributed by atoms with Crippen LogP contribution < -0.4 is 4.74 Å². The lowest BCUT2D eigenvalue weighted by molar-refractivity contribution is -0.135. The lowest BCUT2D eigenvalue weighted by Crippen LogP contribution is -2.19. The van der Waals surface area contributed by atoms with Crippen LogP contribution in [0.1, 0.15) is 18.1 Å². The molecule has 0 atom stereocenters. The molecule has 0 bridgehead atoms. The van der Waals surface area contributed by atoms with Crippen molar-refractivity contribution in [3.05, 3.63) is 65.9 Å². The summed E-state index contributed by atoms with van der Waals surface area (Å²) in [6.07, 6.45) is 1.95. The number of hydrogen-bond acceptors (Lipinski definition) is 5. The normalized spacial score (nSPS) is 11.5. The van der Waals surface area contributed by atoms with Crippen molar-refractivity contribution in [2.45, 2.75) is 20.0 Å². The van der Waals surface area contributed by atoms with Gasteiger partial charge in [0.2, 0.25) is 0 Å². The second kappa shape index (κ2) is 8.20. The maximum Gasteiger partial charge on any atom is 0.356 e. The van der Waals surface area contributed by atoms with E-state index in [0.29, 0.717) is 6.61 Å². The van der Waals surface area contributed by atoms with Crippen molar-refractivity contribution in [3.63, 3.8) is 0 Å². The number of carbonyl (C=O) groups excluding carboxylic acids is 1. The molecule has 0 amide bonds. The molecule has 134 valence electrons. The van der Waals surface area contributed by atoms with Gasteiger partial charge in [-0.1, -0.05) is 35.5 Å². The summed E-state index contributed by atoms with van der Waals surface area (Å²) >= 11 is 0. The zero-order chi connectivity index (χ0) is 18.4. The molecule has 1 aromatic heterocycles. The molecule has 0 aliphatic heterocycles. The molecule has 3 rings (SSSR count). The zero-order valence-electron chi connectivity index (χ0n) is 14.4. The van der Waals surface area contributed by atoms with Crippen LogP contribution in [-0.2, 0) is 22.6 Å². The van der Waals surface area contributed by atoms with Gasteiger partial charge in [-0.2, -0.15) is 0 Å². The lowest BCUT2D eigenvalue weighted by Gasteiger charge is -2.07. The number of carbonyl (C=O) groups is 1. The molecule has 0 aliphatic carbocycles. The number of benzene rings is 2. The molecule has 0 radical (unpaired) electrons. The van der Waals surface area contributed by atoms with Gasteiger partial charge in [0.25, 0.3) is 0 Å². The van der Waals surface area contributed by atoms with Gasteiger partial charge in [0.1, 0.15) is 12.4 Å². The van der Waals surface area contributed by atoms with Crippen molar-refractivity contribution < 1.29 is 19.5 Å². The van der Waals surface area contributed by atoms with Gasteiger partial charge in [0.05, 0.1) is 6.61 Å². The van der Waals surface area contributed by atoms with Crippen LogP contribution in [0.3, 0.4) is 0 Å². The number of hydrogen-bond donors (Lipinski definition) is 2. The molecule has 3 aromatic rings. The third-order valence-corrected chi connectivity index (χ3v) is 3.98. The summed E-state index contributed by atoms with van der Waals surface area (Å²) in [6.45, 7) is 2.40. The van der Waals surface area contributed by atoms with Gasteiger partial charge in [0, 0.05) is 23.5 Å². The van der Waals surface area contributed by atoms with Crippen LogP contribution in [0.5, 0.6) is 5.75 Å². The molecule has 1 heterocycles. The summed E-state index contributed by atoms with van der Waals surface area (Å²) in [5.74, 6) is 0.0988. The minimum absolute atomic E-state index is 0.0386. The van der Waals surface area contributed by atoms with E-state index in [0.717, 1.165) is 27.8 Å². The van der Waals surface area contributed by atoms with Gasteiger partial charge < -0.3 is 19.7 Å². The Labute approximate surface area is 151 Å². The largest absolute Gasteiger partial charge is 0.489 e. The summed E-state index contributed by atoms with van der Waals surface area (Å²) in [4.78, 5) is 15.0. The lowest BCUT2D eigenvalue weighted by atomic mass is 10.1. The molecule has 0 aliphatic rings. The highest BCUT2D eigenvalue weighted by Gasteiger charge is 2.16. The summed E-state index contributed by atoms with van der Waals surface area (Å²) < 4.78 is 10.8. The highest BCUT2D eigenvalue weighted by molar-refractivity contribution is 6.37. The number of aromatic amines is 1. The maximum absolute atomic E-state index is 11.8. The van der Waals surface area contributed by atoms with Crippen LogP contribution in [0.4, 0.5) is 0 Å². The van der Waals surface area contributed by atoms with Crippen LogP contribution in [0.25, 0.3) is 10.9 Å². The maximum atomic E-state index is 11.8. The van der Waals surface area contributed by atoms with E-state index in [9.17, 15) is 4.79 Å². The molecule has 6 heteroatoms. The molecular formula is C20H20N2O4. The van der Waals surface area contributed by atoms with E-state index >= 15 is 0 Å². The van der Waals surface area contributed by atoms with Gasteiger partial charge in [0.15, 0.2) is 5.71 Å². The molecule has 0 unspecified atom stereocenters. The van der Waals surface area contributed by atoms with Crippen LogP contribution in [0.15, 0.2) is 59.9 Å². The molecule has 2 N–H and O–H groups in total. The molecule has 0 saturated carbocycles. The predicted octanol–water partition coefficient (Wildman–Crippen LogP) is 3.68. The van der Waals surface area contributed by atoms with Crippen LogP contribution in [-0.4, -0.2) is 28.5 Å².